The van der Waals surface area contributed by atoms with Crippen LogP contribution in [0.15, 0.2) is 0 Å². The normalized spacial score (nSPS) is 11.8. The van der Waals surface area contributed by atoms with Crippen LogP contribution in [-0.2, 0) is 25.4 Å². The van der Waals surface area contributed by atoms with Gasteiger partial charge in [0.05, 0.1) is 39.6 Å². The number of nitrogens with zero attached hydrogens (tertiary/aromatic N) is 3. The van der Waals surface area contributed by atoms with E-state index in [-0.39, 0.29) is 16.4 Å². The van der Waals surface area contributed by atoms with Crippen LogP contribution < -0.4 is 5.73 Å². The first kappa shape index (κ1) is 20.0. The summed E-state index contributed by atoms with van der Waals surface area (Å²) in [6, 6.07) is 0. The van der Waals surface area contributed by atoms with E-state index in [9.17, 15) is 0 Å². The molecule has 0 unspecified atom stereocenters. The summed E-state index contributed by atoms with van der Waals surface area (Å²) >= 11 is 5.75. The lowest BCUT2D eigenvalue weighted by Crippen LogP contribution is -2.33. The van der Waals surface area contributed by atoms with Crippen molar-refractivity contribution in [2.24, 2.45) is 5.41 Å². The van der Waals surface area contributed by atoms with Gasteiger partial charge in [-0.2, -0.15) is 0 Å². The minimum absolute atomic E-state index is 0.100. The summed E-state index contributed by atoms with van der Waals surface area (Å²) in [7, 11) is 3.26. The van der Waals surface area contributed by atoms with E-state index >= 15 is 0 Å². The molecule has 0 aliphatic carbocycles. The highest BCUT2D eigenvalue weighted by atomic mass is 35.5. The van der Waals surface area contributed by atoms with E-state index in [4.69, 9.17) is 36.3 Å². The highest BCUT2D eigenvalue weighted by molar-refractivity contribution is 6.31. The molecule has 0 fully saturated rings. The van der Waals surface area contributed by atoms with Crippen molar-refractivity contribution < 1.29 is 18.9 Å². The molecule has 0 saturated carbocycles. The Kier molecular flexibility index (Phi) is 9.27. The lowest BCUT2D eigenvalue weighted by atomic mass is 9.88. The predicted molar refractivity (Wildman–Crippen MR) is 86.5 cm³/mol. The minimum Gasteiger partial charge on any atom is -0.382 e. The van der Waals surface area contributed by atoms with Crippen molar-refractivity contribution in [3.63, 3.8) is 0 Å². The molecule has 1 rings (SSSR count). The van der Waals surface area contributed by atoms with Crippen molar-refractivity contribution in [2.45, 2.75) is 13.3 Å². The van der Waals surface area contributed by atoms with Gasteiger partial charge in [0.25, 0.3) is 0 Å². The van der Waals surface area contributed by atoms with E-state index in [0.717, 1.165) is 0 Å². The Hall–Kier alpha value is -1.06. The Morgan fingerprint density at radius 1 is 1.00 bits per heavy atom. The monoisotopic (exact) mass is 348 g/mol. The summed E-state index contributed by atoms with van der Waals surface area (Å²) in [6.45, 7) is 5.04. The van der Waals surface area contributed by atoms with Crippen molar-refractivity contribution in [1.29, 1.82) is 0 Å². The molecule has 0 saturated heterocycles. The number of methoxy groups -OCH3 is 2. The standard InChI is InChI=1S/C14H25ClN4O4/c1-14(9-22-6-4-20-2,10-23-7-5-21-3)8-11-17-13(16)12(15)19-18-11/h4-10H2,1-3H3,(H2,16,17,18). The molecular weight excluding hydrogens is 324 g/mol. The van der Waals surface area contributed by atoms with Crippen LogP contribution in [0.1, 0.15) is 12.7 Å². The van der Waals surface area contributed by atoms with Gasteiger partial charge in [0.2, 0.25) is 0 Å². The largest absolute Gasteiger partial charge is 0.382 e. The quantitative estimate of drug-likeness (QED) is 0.558. The number of hydrogen-bond donors (Lipinski definition) is 1. The summed E-state index contributed by atoms with van der Waals surface area (Å²) in [6.07, 6.45) is 0.501. The predicted octanol–water partition coefficient (Wildman–Crippen LogP) is 0.982. The molecule has 132 valence electrons. The fraction of sp³-hybridized carbons (Fsp3) is 0.786. The number of nitrogen functional groups attached to an aromatic ring is 1. The zero-order chi connectivity index (χ0) is 17.1. The van der Waals surface area contributed by atoms with Crippen LogP contribution in [0, 0.1) is 5.41 Å². The Balaban J connectivity index is 2.65. The van der Waals surface area contributed by atoms with E-state index in [1.807, 2.05) is 6.92 Å². The third kappa shape index (κ3) is 7.85. The fourth-order valence-corrected chi connectivity index (χ4v) is 1.96. The number of halogens is 1. The molecular formula is C14H25ClN4O4. The van der Waals surface area contributed by atoms with E-state index in [1.165, 1.54) is 0 Å². The van der Waals surface area contributed by atoms with Crippen molar-refractivity contribution >= 4 is 17.4 Å². The topological polar surface area (TPSA) is 102 Å². The van der Waals surface area contributed by atoms with Crippen molar-refractivity contribution in [3.8, 4) is 0 Å². The molecule has 1 aromatic rings. The fourth-order valence-electron chi connectivity index (χ4n) is 1.88. The summed E-state index contributed by atoms with van der Waals surface area (Å²) in [5, 5.41) is 7.87. The number of hydrogen-bond acceptors (Lipinski definition) is 8. The van der Waals surface area contributed by atoms with E-state index in [0.29, 0.717) is 51.9 Å². The molecule has 8 nitrogen and oxygen atoms in total. The second-order valence-electron chi connectivity index (χ2n) is 5.48. The van der Waals surface area contributed by atoms with E-state index in [2.05, 4.69) is 15.2 Å². The second kappa shape index (κ2) is 10.7. The van der Waals surface area contributed by atoms with Crippen molar-refractivity contribution in [3.05, 3.63) is 11.0 Å². The highest BCUT2D eigenvalue weighted by Crippen LogP contribution is 2.23. The molecule has 23 heavy (non-hydrogen) atoms. The lowest BCUT2D eigenvalue weighted by molar-refractivity contribution is -0.0339. The molecule has 0 amide bonds. The molecule has 0 aromatic carbocycles. The number of nitrogens with two attached hydrogens (primary N) is 1. The maximum atomic E-state index is 5.75. The van der Waals surface area contributed by atoms with E-state index in [1.54, 1.807) is 14.2 Å². The van der Waals surface area contributed by atoms with Gasteiger partial charge in [-0.3, -0.25) is 0 Å². The first-order chi connectivity index (χ1) is 11.0. The SMILES string of the molecule is COCCOCC(C)(COCCOC)Cc1nnc(Cl)c(N)n1. The van der Waals surface area contributed by atoms with Crippen LogP contribution in [0.25, 0.3) is 0 Å². The van der Waals surface area contributed by atoms with Gasteiger partial charge in [-0.05, 0) is 0 Å². The van der Waals surface area contributed by atoms with Gasteiger partial charge < -0.3 is 24.7 Å². The van der Waals surface area contributed by atoms with Gasteiger partial charge in [-0.1, -0.05) is 18.5 Å². The summed E-state index contributed by atoms with van der Waals surface area (Å²) < 4.78 is 21.3. The van der Waals surface area contributed by atoms with Crippen LogP contribution in [0.4, 0.5) is 5.82 Å². The van der Waals surface area contributed by atoms with Gasteiger partial charge in [0, 0.05) is 26.1 Å². The smallest absolute Gasteiger partial charge is 0.193 e. The maximum Gasteiger partial charge on any atom is 0.193 e. The van der Waals surface area contributed by atoms with Crippen LogP contribution in [-0.4, -0.2) is 69.0 Å². The Labute approximate surface area is 141 Å². The average molecular weight is 349 g/mol. The van der Waals surface area contributed by atoms with Crippen LogP contribution >= 0.6 is 11.6 Å². The molecule has 0 spiro atoms. The molecule has 0 aliphatic heterocycles. The maximum absolute atomic E-state index is 5.75. The molecule has 1 aromatic heterocycles. The minimum atomic E-state index is -0.330. The van der Waals surface area contributed by atoms with Crippen molar-refractivity contribution in [1.82, 2.24) is 15.2 Å². The lowest BCUT2D eigenvalue weighted by Gasteiger charge is -2.28. The van der Waals surface area contributed by atoms with Crippen LogP contribution in [0.3, 0.4) is 0 Å². The Morgan fingerprint density at radius 3 is 2.04 bits per heavy atom. The van der Waals surface area contributed by atoms with Gasteiger partial charge in [0.15, 0.2) is 16.8 Å². The molecule has 0 bridgehead atoms. The van der Waals surface area contributed by atoms with Gasteiger partial charge >= 0.3 is 0 Å². The average Bonchev–Trinajstić information content (AvgIpc) is 2.52. The van der Waals surface area contributed by atoms with Crippen LogP contribution in [0.2, 0.25) is 5.15 Å². The van der Waals surface area contributed by atoms with Gasteiger partial charge in [-0.15, -0.1) is 10.2 Å². The summed E-state index contributed by atoms with van der Waals surface area (Å²) in [5.74, 6) is 0.666. The number of aromatic nitrogens is 3. The molecule has 2 N–H and O–H groups in total. The Morgan fingerprint density at radius 2 is 1.57 bits per heavy atom. The molecule has 0 aliphatic rings. The molecule has 1 heterocycles. The first-order valence-corrected chi connectivity index (χ1v) is 7.66. The molecule has 9 heteroatoms. The first-order valence-electron chi connectivity index (χ1n) is 7.28. The highest BCUT2D eigenvalue weighted by Gasteiger charge is 2.28. The summed E-state index contributed by atoms with van der Waals surface area (Å²) in [5.41, 5.74) is 5.35. The third-order valence-electron chi connectivity index (χ3n) is 3.06. The zero-order valence-corrected chi connectivity index (χ0v) is 14.6. The molecule has 0 radical (unpaired) electrons. The number of ether oxygens (including phenoxy) is 4. The van der Waals surface area contributed by atoms with Crippen LogP contribution in [0.5, 0.6) is 0 Å². The molecule has 0 atom stereocenters. The van der Waals surface area contributed by atoms with E-state index < -0.39 is 0 Å². The summed E-state index contributed by atoms with van der Waals surface area (Å²) in [4.78, 5) is 4.16. The third-order valence-corrected chi connectivity index (χ3v) is 3.33. The number of rotatable bonds is 12. The number of anilines is 1. The second-order valence-corrected chi connectivity index (χ2v) is 5.84. The zero-order valence-electron chi connectivity index (χ0n) is 13.9. The van der Waals surface area contributed by atoms with Gasteiger partial charge in [0.1, 0.15) is 0 Å². The van der Waals surface area contributed by atoms with Crippen molar-refractivity contribution in [2.75, 3.05) is 59.6 Å². The van der Waals surface area contributed by atoms with Gasteiger partial charge in [-0.25, -0.2) is 4.98 Å². The Bertz CT molecular complexity index is 452.